The quantitative estimate of drug-likeness (QED) is 0.491. The van der Waals surface area contributed by atoms with Gasteiger partial charge in [-0.15, -0.1) is 0 Å². The van der Waals surface area contributed by atoms with E-state index in [0.717, 1.165) is 0 Å². The summed E-state index contributed by atoms with van der Waals surface area (Å²) in [6.07, 6.45) is -0.776. The van der Waals surface area contributed by atoms with Crippen LogP contribution in [0.15, 0.2) is 18.2 Å². The molecule has 1 heterocycles. The van der Waals surface area contributed by atoms with E-state index in [0.29, 0.717) is 11.3 Å². The highest BCUT2D eigenvalue weighted by Gasteiger charge is 2.36. The summed E-state index contributed by atoms with van der Waals surface area (Å²) >= 11 is 17.1. The normalized spacial score (nSPS) is 19.4. The first-order chi connectivity index (χ1) is 7.88. The van der Waals surface area contributed by atoms with Gasteiger partial charge in [-0.25, -0.2) is 0 Å². The maximum atomic E-state index is 10.6. The van der Waals surface area contributed by atoms with Gasteiger partial charge in [-0.3, -0.25) is 10.1 Å². The van der Waals surface area contributed by atoms with E-state index >= 15 is 0 Å². The summed E-state index contributed by atoms with van der Waals surface area (Å²) in [5.41, 5.74) is 1.32. The molecule has 92 valence electrons. The van der Waals surface area contributed by atoms with Crippen LogP contribution in [0.1, 0.15) is 5.56 Å². The highest BCUT2D eigenvalue weighted by Crippen LogP contribution is 2.37. The van der Waals surface area contributed by atoms with E-state index < -0.39 is 14.9 Å². The second-order valence-corrected chi connectivity index (χ2v) is 5.84. The Hall–Kier alpha value is -0.750. The summed E-state index contributed by atoms with van der Waals surface area (Å²) in [5, 5.41) is 13.5. The number of alkyl halides is 3. The number of anilines is 1. The van der Waals surface area contributed by atoms with Gasteiger partial charge in [0.15, 0.2) is 6.23 Å². The Kier molecular flexibility index (Phi) is 3.36. The molecule has 17 heavy (non-hydrogen) atoms. The predicted molar refractivity (Wildman–Crippen MR) is 65.6 cm³/mol. The van der Waals surface area contributed by atoms with Gasteiger partial charge in [0.1, 0.15) is 0 Å². The number of fused-ring (bicyclic) bond motifs is 1. The third kappa shape index (κ3) is 2.74. The van der Waals surface area contributed by atoms with Gasteiger partial charge in [0.25, 0.3) is 5.69 Å². The monoisotopic (exact) mass is 296 g/mol. The van der Waals surface area contributed by atoms with Crippen LogP contribution in [-0.2, 0) is 11.3 Å². The number of nitro groups is 1. The highest BCUT2D eigenvalue weighted by atomic mass is 35.6. The van der Waals surface area contributed by atoms with E-state index in [1.54, 1.807) is 6.07 Å². The van der Waals surface area contributed by atoms with E-state index in [-0.39, 0.29) is 12.3 Å². The third-order valence-corrected chi connectivity index (χ3v) is 2.88. The van der Waals surface area contributed by atoms with Gasteiger partial charge in [-0.1, -0.05) is 34.8 Å². The zero-order valence-electron chi connectivity index (χ0n) is 8.32. The Balaban J connectivity index is 2.26. The molecule has 1 unspecified atom stereocenters. The van der Waals surface area contributed by atoms with Gasteiger partial charge in [0.05, 0.1) is 11.5 Å². The van der Waals surface area contributed by atoms with Crippen molar-refractivity contribution in [1.29, 1.82) is 0 Å². The summed E-state index contributed by atoms with van der Waals surface area (Å²) < 4.78 is 3.68. The predicted octanol–water partition coefficient (Wildman–Crippen LogP) is 3.23. The molecule has 1 aromatic rings. The molecule has 8 heteroatoms. The molecule has 1 aromatic carbocycles. The fraction of sp³-hybridized carbons (Fsp3) is 0.333. The first kappa shape index (κ1) is 12.7. The van der Waals surface area contributed by atoms with Crippen molar-refractivity contribution < 1.29 is 9.66 Å². The van der Waals surface area contributed by atoms with Crippen LogP contribution in [-0.4, -0.2) is 14.9 Å². The number of nitrogens with one attached hydrogen (secondary N) is 1. The molecule has 1 aliphatic rings. The Morgan fingerprint density at radius 1 is 1.47 bits per heavy atom. The second-order valence-electron chi connectivity index (χ2n) is 3.48. The second kappa shape index (κ2) is 4.49. The number of hydrogen-bond donors (Lipinski definition) is 1. The fourth-order valence-electron chi connectivity index (χ4n) is 1.49. The lowest BCUT2D eigenvalue weighted by Gasteiger charge is -2.31. The van der Waals surface area contributed by atoms with Crippen LogP contribution < -0.4 is 5.32 Å². The summed E-state index contributed by atoms with van der Waals surface area (Å²) in [6, 6.07) is 4.38. The molecule has 1 atom stereocenters. The van der Waals surface area contributed by atoms with Crippen molar-refractivity contribution in [2.24, 2.45) is 0 Å². The van der Waals surface area contributed by atoms with E-state index in [2.05, 4.69) is 5.32 Å². The van der Waals surface area contributed by atoms with Gasteiger partial charge in [0, 0.05) is 23.4 Å². The number of ether oxygens (including phenoxy) is 1. The molecule has 0 aromatic heterocycles. The maximum Gasteiger partial charge on any atom is 0.269 e. The molecule has 0 spiro atoms. The van der Waals surface area contributed by atoms with E-state index in [1.807, 2.05) is 0 Å². The maximum absolute atomic E-state index is 10.6. The smallest absolute Gasteiger partial charge is 0.269 e. The van der Waals surface area contributed by atoms with Crippen molar-refractivity contribution in [3.63, 3.8) is 0 Å². The number of benzene rings is 1. The number of nitrogens with zero attached hydrogens (tertiary/aromatic N) is 1. The Morgan fingerprint density at radius 3 is 2.76 bits per heavy atom. The van der Waals surface area contributed by atoms with Gasteiger partial charge in [0.2, 0.25) is 3.79 Å². The van der Waals surface area contributed by atoms with Crippen molar-refractivity contribution >= 4 is 46.2 Å². The first-order valence-electron chi connectivity index (χ1n) is 4.60. The van der Waals surface area contributed by atoms with Crippen molar-refractivity contribution in [2.45, 2.75) is 16.6 Å². The molecule has 1 aliphatic heterocycles. The van der Waals surface area contributed by atoms with Crippen molar-refractivity contribution in [3.8, 4) is 0 Å². The molecule has 0 bridgehead atoms. The van der Waals surface area contributed by atoms with E-state index in [4.69, 9.17) is 39.5 Å². The molecule has 0 fully saturated rings. The molecule has 0 saturated carbocycles. The SMILES string of the molecule is O=[N+]([O-])c1ccc2c(c1)COC(C(Cl)(Cl)Cl)N2. The minimum absolute atomic E-state index is 0.00137. The fourth-order valence-corrected chi connectivity index (χ4v) is 1.84. The minimum atomic E-state index is -1.60. The summed E-state index contributed by atoms with van der Waals surface area (Å²) in [7, 11) is 0. The van der Waals surface area contributed by atoms with Crippen LogP contribution in [0, 0.1) is 10.1 Å². The van der Waals surface area contributed by atoms with E-state index in [9.17, 15) is 10.1 Å². The number of halogens is 3. The highest BCUT2D eigenvalue weighted by molar-refractivity contribution is 6.68. The van der Waals surface area contributed by atoms with Crippen LogP contribution in [0.3, 0.4) is 0 Å². The van der Waals surface area contributed by atoms with Crippen LogP contribution in [0.5, 0.6) is 0 Å². The lowest BCUT2D eigenvalue weighted by molar-refractivity contribution is -0.385. The van der Waals surface area contributed by atoms with Gasteiger partial charge < -0.3 is 10.1 Å². The minimum Gasteiger partial charge on any atom is -0.356 e. The van der Waals surface area contributed by atoms with E-state index in [1.165, 1.54) is 12.1 Å². The molecule has 0 amide bonds. The molecule has 5 nitrogen and oxygen atoms in total. The van der Waals surface area contributed by atoms with Gasteiger partial charge >= 0.3 is 0 Å². The van der Waals surface area contributed by atoms with Gasteiger partial charge in [-0.2, -0.15) is 0 Å². The Labute approximate surface area is 112 Å². The first-order valence-corrected chi connectivity index (χ1v) is 5.73. The zero-order valence-corrected chi connectivity index (χ0v) is 10.6. The van der Waals surface area contributed by atoms with Crippen LogP contribution in [0.25, 0.3) is 0 Å². The topological polar surface area (TPSA) is 64.4 Å². The third-order valence-electron chi connectivity index (χ3n) is 2.29. The molecular weight excluding hydrogens is 290 g/mol. The molecule has 0 aliphatic carbocycles. The van der Waals surface area contributed by atoms with Crippen LogP contribution in [0.4, 0.5) is 11.4 Å². The zero-order chi connectivity index (χ0) is 12.6. The summed E-state index contributed by atoms with van der Waals surface area (Å²) in [5.74, 6) is 0. The number of non-ortho nitro benzene ring substituents is 1. The lowest BCUT2D eigenvalue weighted by Crippen LogP contribution is -2.39. The van der Waals surface area contributed by atoms with Crippen molar-refractivity contribution in [2.75, 3.05) is 5.32 Å². The molecular formula is C9H7Cl3N2O3. The standard InChI is InChI=1S/C9H7Cl3N2O3/c10-9(11,12)8-13-7-2-1-6(14(15)16)3-5(7)4-17-8/h1-3,8,13H,4H2. The number of rotatable bonds is 1. The van der Waals surface area contributed by atoms with Crippen LogP contribution in [0.2, 0.25) is 0 Å². The summed E-state index contributed by atoms with van der Waals surface area (Å²) in [4.78, 5) is 10.1. The van der Waals surface area contributed by atoms with Crippen molar-refractivity contribution in [1.82, 2.24) is 0 Å². The molecule has 1 N–H and O–H groups in total. The molecule has 2 rings (SSSR count). The van der Waals surface area contributed by atoms with Crippen LogP contribution >= 0.6 is 34.8 Å². The van der Waals surface area contributed by atoms with Crippen molar-refractivity contribution in [3.05, 3.63) is 33.9 Å². The van der Waals surface area contributed by atoms with Gasteiger partial charge in [-0.05, 0) is 6.07 Å². The molecule has 0 radical (unpaired) electrons. The number of nitro benzene ring substituents is 1. The number of hydrogen-bond acceptors (Lipinski definition) is 4. The lowest BCUT2D eigenvalue weighted by atomic mass is 10.1. The Morgan fingerprint density at radius 2 is 2.18 bits per heavy atom. The average molecular weight is 298 g/mol. The largest absolute Gasteiger partial charge is 0.356 e. The summed E-state index contributed by atoms with van der Waals surface area (Å²) in [6.45, 7) is 0.155. The molecule has 0 saturated heterocycles. The average Bonchev–Trinajstić information content (AvgIpc) is 2.26. The Bertz CT molecular complexity index is 461.